The minimum Gasteiger partial charge on any atom is -0.341 e. The molecule has 0 radical (unpaired) electrons. The number of hydrogen-bond acceptors (Lipinski definition) is 3. The van der Waals surface area contributed by atoms with Gasteiger partial charge in [0.05, 0.1) is 11.0 Å². The number of nitrogens with zero attached hydrogens (tertiary/aromatic N) is 4. The molecule has 172 valence electrons. The fraction of sp³-hybridized carbons (Fsp3) is 0.444. The van der Waals surface area contributed by atoms with E-state index in [1.807, 2.05) is 34.1 Å². The second kappa shape index (κ2) is 9.00. The molecule has 1 atom stereocenters. The van der Waals surface area contributed by atoms with E-state index in [-0.39, 0.29) is 24.3 Å². The summed E-state index contributed by atoms with van der Waals surface area (Å²) in [6, 6.07) is 14.2. The maximum absolute atomic E-state index is 13.3. The second-order valence-corrected chi connectivity index (χ2v) is 9.59. The summed E-state index contributed by atoms with van der Waals surface area (Å²) in [6.45, 7) is 6.66. The van der Waals surface area contributed by atoms with E-state index in [0.29, 0.717) is 13.0 Å². The Morgan fingerprint density at radius 2 is 1.70 bits per heavy atom. The van der Waals surface area contributed by atoms with E-state index < -0.39 is 0 Å². The largest absolute Gasteiger partial charge is 0.341 e. The van der Waals surface area contributed by atoms with Crippen LogP contribution in [0.2, 0.25) is 0 Å². The maximum atomic E-state index is 13.3. The van der Waals surface area contributed by atoms with Crippen LogP contribution < -0.4 is 4.90 Å². The van der Waals surface area contributed by atoms with E-state index in [0.717, 1.165) is 59.6 Å². The minimum absolute atomic E-state index is 0.0392. The first kappa shape index (κ1) is 21.7. The molecule has 0 aliphatic carbocycles. The summed E-state index contributed by atoms with van der Waals surface area (Å²) in [5, 5.41) is 0. The van der Waals surface area contributed by atoms with Crippen LogP contribution in [0.1, 0.15) is 55.0 Å². The van der Waals surface area contributed by atoms with Crippen molar-refractivity contribution in [2.45, 2.75) is 58.4 Å². The first-order valence-corrected chi connectivity index (χ1v) is 12.1. The van der Waals surface area contributed by atoms with Gasteiger partial charge in [-0.1, -0.05) is 31.0 Å². The molecule has 3 aromatic rings. The van der Waals surface area contributed by atoms with Crippen molar-refractivity contribution >= 4 is 28.5 Å². The highest BCUT2D eigenvalue weighted by Gasteiger charge is 2.35. The number of rotatable bonds is 4. The van der Waals surface area contributed by atoms with Gasteiger partial charge in [-0.25, -0.2) is 4.98 Å². The predicted molar refractivity (Wildman–Crippen MR) is 130 cm³/mol. The Labute approximate surface area is 195 Å². The van der Waals surface area contributed by atoms with Crippen LogP contribution in [0.4, 0.5) is 5.69 Å². The highest BCUT2D eigenvalue weighted by atomic mass is 16.2. The minimum atomic E-state index is -0.0392. The lowest BCUT2D eigenvalue weighted by atomic mass is 10.1. The van der Waals surface area contributed by atoms with Crippen molar-refractivity contribution in [1.29, 1.82) is 0 Å². The lowest BCUT2D eigenvalue weighted by Gasteiger charge is -2.22. The van der Waals surface area contributed by atoms with Gasteiger partial charge in [-0.2, -0.15) is 0 Å². The number of carbonyl (C=O) groups is 2. The van der Waals surface area contributed by atoms with Gasteiger partial charge < -0.3 is 14.4 Å². The molecule has 2 aliphatic rings. The van der Waals surface area contributed by atoms with Gasteiger partial charge in [0.15, 0.2) is 0 Å². The molecule has 33 heavy (non-hydrogen) atoms. The third-order valence-corrected chi connectivity index (χ3v) is 6.94. The Morgan fingerprint density at radius 1 is 1.00 bits per heavy atom. The van der Waals surface area contributed by atoms with Gasteiger partial charge in [-0.3, -0.25) is 9.59 Å². The third kappa shape index (κ3) is 4.39. The number of imidazole rings is 1. The highest BCUT2D eigenvalue weighted by Crippen LogP contribution is 2.34. The number of carbonyl (C=O) groups excluding carboxylic acids is 2. The molecule has 1 aromatic heterocycles. The van der Waals surface area contributed by atoms with Crippen LogP contribution in [0.25, 0.3) is 11.0 Å². The normalized spacial score (nSPS) is 19.3. The molecule has 0 bridgehead atoms. The molecule has 2 amide bonds. The SMILES string of the molecule is Cc1cc(C)cc(N2CC(c3nc4ccccc4n3CC(=O)N3CCCCCC3)CC2=O)c1. The zero-order chi connectivity index (χ0) is 22.9. The Kier molecular flexibility index (Phi) is 5.92. The molecule has 2 aromatic carbocycles. The molecule has 2 fully saturated rings. The average molecular weight is 445 g/mol. The molecule has 1 unspecified atom stereocenters. The summed E-state index contributed by atoms with van der Waals surface area (Å²) in [5.41, 5.74) is 5.10. The van der Waals surface area contributed by atoms with Gasteiger partial charge in [0, 0.05) is 37.7 Å². The van der Waals surface area contributed by atoms with Crippen molar-refractivity contribution < 1.29 is 9.59 Å². The topological polar surface area (TPSA) is 58.4 Å². The maximum Gasteiger partial charge on any atom is 0.242 e. The van der Waals surface area contributed by atoms with Crippen LogP contribution in [0, 0.1) is 13.8 Å². The van der Waals surface area contributed by atoms with E-state index >= 15 is 0 Å². The van der Waals surface area contributed by atoms with Gasteiger partial charge >= 0.3 is 0 Å². The molecule has 0 N–H and O–H groups in total. The van der Waals surface area contributed by atoms with Crippen molar-refractivity contribution in [3.63, 3.8) is 0 Å². The molecule has 5 rings (SSSR count). The molecular weight excluding hydrogens is 412 g/mol. The molecule has 6 heteroatoms. The van der Waals surface area contributed by atoms with Crippen molar-refractivity contribution in [2.24, 2.45) is 0 Å². The Bertz CT molecular complexity index is 1170. The molecule has 3 heterocycles. The van der Waals surface area contributed by atoms with Gasteiger partial charge in [0.25, 0.3) is 0 Å². The Morgan fingerprint density at radius 3 is 2.42 bits per heavy atom. The summed E-state index contributed by atoms with van der Waals surface area (Å²) in [4.78, 5) is 35.1. The Balaban J connectivity index is 1.45. The lowest BCUT2D eigenvalue weighted by Crippen LogP contribution is -2.35. The van der Waals surface area contributed by atoms with Crippen molar-refractivity contribution in [3.8, 4) is 0 Å². The third-order valence-electron chi connectivity index (χ3n) is 6.94. The van der Waals surface area contributed by atoms with Crippen LogP contribution in [0.15, 0.2) is 42.5 Å². The molecule has 6 nitrogen and oxygen atoms in total. The molecule has 0 spiro atoms. The van der Waals surface area contributed by atoms with Crippen LogP contribution in [-0.4, -0.2) is 45.9 Å². The number of aromatic nitrogens is 2. The summed E-state index contributed by atoms with van der Waals surface area (Å²) >= 11 is 0. The van der Waals surface area contributed by atoms with Gasteiger partial charge in [0.1, 0.15) is 12.4 Å². The number of fused-ring (bicyclic) bond motifs is 1. The second-order valence-electron chi connectivity index (χ2n) is 9.59. The number of benzene rings is 2. The molecular formula is C27H32N4O2. The molecule has 2 saturated heterocycles. The number of hydrogen-bond donors (Lipinski definition) is 0. The van der Waals surface area contributed by atoms with E-state index in [1.54, 1.807) is 0 Å². The zero-order valence-electron chi connectivity index (χ0n) is 19.6. The number of likely N-dealkylation sites (tertiary alicyclic amines) is 1. The summed E-state index contributed by atoms with van der Waals surface area (Å²) < 4.78 is 2.06. The van der Waals surface area contributed by atoms with Crippen LogP contribution >= 0.6 is 0 Å². The number of amides is 2. The summed E-state index contributed by atoms with van der Waals surface area (Å²) in [6.07, 6.45) is 4.95. The van der Waals surface area contributed by atoms with Gasteiger partial charge in [-0.15, -0.1) is 0 Å². The fourth-order valence-electron chi connectivity index (χ4n) is 5.36. The van der Waals surface area contributed by atoms with E-state index in [4.69, 9.17) is 4.98 Å². The van der Waals surface area contributed by atoms with Gasteiger partial charge in [-0.05, 0) is 62.1 Å². The van der Waals surface area contributed by atoms with Crippen molar-refractivity contribution in [2.75, 3.05) is 24.5 Å². The van der Waals surface area contributed by atoms with E-state index in [9.17, 15) is 9.59 Å². The smallest absolute Gasteiger partial charge is 0.242 e. The summed E-state index contributed by atoms with van der Waals surface area (Å²) in [5.74, 6) is 1.07. The first-order valence-electron chi connectivity index (χ1n) is 12.1. The fourth-order valence-corrected chi connectivity index (χ4v) is 5.36. The van der Waals surface area contributed by atoms with Crippen LogP contribution in [-0.2, 0) is 16.1 Å². The molecule has 2 aliphatic heterocycles. The quantitative estimate of drug-likeness (QED) is 0.592. The van der Waals surface area contributed by atoms with Crippen LogP contribution in [0.3, 0.4) is 0 Å². The highest BCUT2D eigenvalue weighted by molar-refractivity contribution is 5.96. The van der Waals surface area contributed by atoms with Crippen molar-refractivity contribution in [1.82, 2.24) is 14.5 Å². The predicted octanol–water partition coefficient (Wildman–Crippen LogP) is 4.58. The van der Waals surface area contributed by atoms with Crippen LogP contribution in [0.5, 0.6) is 0 Å². The number of para-hydroxylation sites is 2. The molecule has 0 saturated carbocycles. The Hall–Kier alpha value is -3.15. The first-order chi connectivity index (χ1) is 16.0. The average Bonchev–Trinajstić information content (AvgIpc) is 3.21. The number of aryl methyl sites for hydroxylation is 2. The number of anilines is 1. The van der Waals surface area contributed by atoms with Gasteiger partial charge in [0.2, 0.25) is 11.8 Å². The lowest BCUT2D eigenvalue weighted by molar-refractivity contribution is -0.131. The summed E-state index contributed by atoms with van der Waals surface area (Å²) in [7, 11) is 0. The van der Waals surface area contributed by atoms with E-state index in [2.05, 4.69) is 36.6 Å². The monoisotopic (exact) mass is 444 g/mol. The zero-order valence-corrected chi connectivity index (χ0v) is 19.6. The van der Waals surface area contributed by atoms with Crippen molar-refractivity contribution in [3.05, 3.63) is 59.4 Å². The standard InChI is InChI=1S/C27H32N4O2/c1-19-13-20(2)15-22(14-19)30-17-21(16-25(30)32)27-28-23-9-5-6-10-24(23)31(27)18-26(33)29-11-7-3-4-8-12-29/h5-6,9-10,13-15,21H,3-4,7-8,11-12,16-18H2,1-2H3. The van der Waals surface area contributed by atoms with E-state index in [1.165, 1.54) is 12.8 Å².